The Balaban J connectivity index is 1.93. The Hall–Kier alpha value is -0.950. The van der Waals surface area contributed by atoms with Crippen LogP contribution in [0.2, 0.25) is 0 Å². The minimum Gasteiger partial charge on any atom is -0.223 e. The molecule has 0 radical (unpaired) electrons. The van der Waals surface area contributed by atoms with Crippen LogP contribution in [-0.4, -0.2) is 9.36 Å². The summed E-state index contributed by atoms with van der Waals surface area (Å²) >= 11 is 1.43. The van der Waals surface area contributed by atoms with Gasteiger partial charge in [0.25, 0.3) is 0 Å². The lowest BCUT2D eigenvalue weighted by Crippen LogP contribution is -2.01. The number of rotatable bonds is 2. The molecule has 0 spiro atoms. The van der Waals surface area contributed by atoms with Crippen molar-refractivity contribution in [3.05, 3.63) is 10.8 Å². The third kappa shape index (κ3) is 1.07. The number of nitrogens with zero attached hydrogens (tertiary/aromatic N) is 3. The van der Waals surface area contributed by atoms with E-state index in [0.29, 0.717) is 5.92 Å². The predicted octanol–water partition coefficient (Wildman–Crippen LogP) is 1.97. The van der Waals surface area contributed by atoms with Crippen LogP contribution in [-0.2, 0) is 5.41 Å². The number of hydrogen-bond acceptors (Lipinski definition) is 4. The quantitative estimate of drug-likeness (QED) is 0.718. The first-order valence-electron chi connectivity index (χ1n) is 4.59. The van der Waals surface area contributed by atoms with E-state index in [-0.39, 0.29) is 5.41 Å². The van der Waals surface area contributed by atoms with E-state index < -0.39 is 0 Å². The van der Waals surface area contributed by atoms with Gasteiger partial charge in [0, 0.05) is 5.92 Å². The fraction of sp³-hybridized carbons (Fsp3) is 0.667. The van der Waals surface area contributed by atoms with Crippen molar-refractivity contribution >= 4 is 11.5 Å². The maximum absolute atomic E-state index is 8.96. The number of aromatic nitrogens is 2. The maximum Gasteiger partial charge on any atom is 0.145 e. The van der Waals surface area contributed by atoms with Crippen molar-refractivity contribution in [1.82, 2.24) is 9.36 Å². The lowest BCUT2D eigenvalue weighted by Gasteiger charge is -1.95. The summed E-state index contributed by atoms with van der Waals surface area (Å²) in [5.41, 5.74) is -0.231. The van der Waals surface area contributed by atoms with Crippen LogP contribution in [0.4, 0.5) is 0 Å². The Labute approximate surface area is 80.6 Å². The van der Waals surface area contributed by atoms with Crippen molar-refractivity contribution in [1.29, 1.82) is 5.26 Å². The maximum atomic E-state index is 8.96. The smallest absolute Gasteiger partial charge is 0.145 e. The van der Waals surface area contributed by atoms with E-state index in [1.54, 1.807) is 0 Å². The molecule has 3 rings (SSSR count). The molecule has 0 bridgehead atoms. The van der Waals surface area contributed by atoms with Crippen LogP contribution >= 0.6 is 11.5 Å². The molecule has 1 aromatic heterocycles. The lowest BCUT2D eigenvalue weighted by atomic mass is 10.1. The van der Waals surface area contributed by atoms with E-state index >= 15 is 0 Å². The van der Waals surface area contributed by atoms with E-state index in [1.807, 2.05) is 0 Å². The Morgan fingerprint density at radius 3 is 2.77 bits per heavy atom. The molecule has 2 fully saturated rings. The van der Waals surface area contributed by atoms with Crippen LogP contribution in [0.15, 0.2) is 0 Å². The van der Waals surface area contributed by atoms with Gasteiger partial charge in [-0.15, -0.1) is 0 Å². The van der Waals surface area contributed by atoms with Gasteiger partial charge in [-0.2, -0.15) is 9.64 Å². The summed E-state index contributed by atoms with van der Waals surface area (Å²) in [7, 11) is 0. The molecule has 0 saturated heterocycles. The fourth-order valence-corrected chi connectivity index (χ4v) is 2.36. The molecule has 0 aromatic carbocycles. The van der Waals surface area contributed by atoms with E-state index in [4.69, 9.17) is 5.26 Å². The van der Waals surface area contributed by atoms with Crippen molar-refractivity contribution in [3.63, 3.8) is 0 Å². The molecule has 2 saturated carbocycles. The molecule has 0 aliphatic heterocycles. The minimum atomic E-state index is -0.231. The molecular formula is C9H9N3S. The summed E-state index contributed by atoms with van der Waals surface area (Å²) in [4.78, 5) is 4.46. The van der Waals surface area contributed by atoms with Gasteiger partial charge < -0.3 is 0 Å². The number of hydrogen-bond donors (Lipinski definition) is 0. The average Bonchev–Trinajstić information content (AvgIpc) is 3.07. The topological polar surface area (TPSA) is 49.6 Å². The zero-order valence-corrected chi connectivity index (χ0v) is 7.97. The molecule has 2 aliphatic carbocycles. The second-order valence-corrected chi connectivity index (χ2v) is 4.68. The Kier molecular flexibility index (Phi) is 1.32. The molecule has 0 amide bonds. The molecule has 2 aliphatic rings. The van der Waals surface area contributed by atoms with Crippen molar-refractivity contribution in [3.8, 4) is 6.07 Å². The summed E-state index contributed by atoms with van der Waals surface area (Å²) in [5.74, 6) is 1.60. The lowest BCUT2D eigenvalue weighted by molar-refractivity contribution is 0.861. The average molecular weight is 191 g/mol. The summed E-state index contributed by atoms with van der Waals surface area (Å²) < 4.78 is 4.31. The Morgan fingerprint density at radius 2 is 2.23 bits per heavy atom. The van der Waals surface area contributed by atoms with Crippen LogP contribution in [0.5, 0.6) is 0 Å². The molecule has 13 heavy (non-hydrogen) atoms. The highest BCUT2D eigenvalue weighted by molar-refractivity contribution is 7.05. The summed E-state index contributed by atoms with van der Waals surface area (Å²) in [6, 6.07) is 2.35. The van der Waals surface area contributed by atoms with Gasteiger partial charge in [-0.3, -0.25) is 0 Å². The number of nitriles is 1. The van der Waals surface area contributed by atoms with Gasteiger partial charge >= 0.3 is 0 Å². The van der Waals surface area contributed by atoms with Gasteiger partial charge in [0.1, 0.15) is 16.2 Å². The molecular weight excluding hydrogens is 182 g/mol. The van der Waals surface area contributed by atoms with E-state index in [2.05, 4.69) is 15.4 Å². The largest absolute Gasteiger partial charge is 0.223 e. The van der Waals surface area contributed by atoms with E-state index in [0.717, 1.165) is 23.7 Å². The molecule has 1 aromatic rings. The van der Waals surface area contributed by atoms with Gasteiger partial charge in [0.15, 0.2) is 0 Å². The molecule has 0 unspecified atom stereocenters. The van der Waals surface area contributed by atoms with Crippen molar-refractivity contribution in [2.75, 3.05) is 0 Å². The Morgan fingerprint density at radius 1 is 1.46 bits per heavy atom. The van der Waals surface area contributed by atoms with Crippen LogP contribution in [0.3, 0.4) is 0 Å². The zero-order chi connectivity index (χ0) is 8.89. The standard InChI is InChI=1S/C9H9N3S/c10-5-9(3-4-9)8-11-7(12-13-8)6-1-2-6/h6H,1-4H2. The van der Waals surface area contributed by atoms with Gasteiger partial charge in [0.2, 0.25) is 0 Å². The molecule has 0 N–H and O–H groups in total. The normalized spacial score (nSPS) is 23.9. The minimum absolute atomic E-state index is 0.231. The van der Waals surface area contributed by atoms with Crippen molar-refractivity contribution in [2.45, 2.75) is 37.0 Å². The summed E-state index contributed by atoms with van der Waals surface area (Å²) in [5, 5.41) is 9.92. The summed E-state index contributed by atoms with van der Waals surface area (Å²) in [6.07, 6.45) is 4.41. The SMILES string of the molecule is N#CC1(c2nc(C3CC3)ns2)CC1. The van der Waals surface area contributed by atoms with Crippen LogP contribution in [0, 0.1) is 11.3 Å². The highest BCUT2D eigenvalue weighted by Gasteiger charge is 2.48. The van der Waals surface area contributed by atoms with Crippen LogP contribution < -0.4 is 0 Å². The van der Waals surface area contributed by atoms with Gasteiger partial charge in [0.05, 0.1) is 6.07 Å². The summed E-state index contributed by atoms with van der Waals surface area (Å²) in [6.45, 7) is 0. The third-order valence-electron chi connectivity index (χ3n) is 2.76. The second kappa shape index (κ2) is 2.30. The molecule has 3 nitrogen and oxygen atoms in total. The molecule has 4 heteroatoms. The van der Waals surface area contributed by atoms with Crippen molar-refractivity contribution < 1.29 is 0 Å². The Bertz CT molecular complexity index is 382. The van der Waals surface area contributed by atoms with Gasteiger partial charge in [-0.25, -0.2) is 4.98 Å². The highest BCUT2D eigenvalue weighted by Crippen LogP contribution is 2.49. The van der Waals surface area contributed by atoms with E-state index in [9.17, 15) is 0 Å². The van der Waals surface area contributed by atoms with Crippen LogP contribution in [0.25, 0.3) is 0 Å². The van der Waals surface area contributed by atoms with Crippen LogP contribution in [0.1, 0.15) is 42.4 Å². The third-order valence-corrected chi connectivity index (χ3v) is 3.69. The molecule has 66 valence electrons. The fourth-order valence-electron chi connectivity index (χ4n) is 1.44. The van der Waals surface area contributed by atoms with Crippen molar-refractivity contribution in [2.24, 2.45) is 0 Å². The monoisotopic (exact) mass is 191 g/mol. The predicted molar refractivity (Wildman–Crippen MR) is 48.4 cm³/mol. The molecule has 0 atom stereocenters. The first-order valence-corrected chi connectivity index (χ1v) is 5.37. The zero-order valence-electron chi connectivity index (χ0n) is 7.16. The van der Waals surface area contributed by atoms with Gasteiger partial charge in [-0.05, 0) is 37.2 Å². The van der Waals surface area contributed by atoms with E-state index in [1.165, 1.54) is 24.4 Å². The first kappa shape index (κ1) is 7.45. The highest BCUT2D eigenvalue weighted by atomic mass is 32.1. The molecule has 1 heterocycles. The first-order chi connectivity index (χ1) is 6.34. The second-order valence-electron chi connectivity index (χ2n) is 3.93. The van der Waals surface area contributed by atoms with Gasteiger partial charge in [-0.1, -0.05) is 0 Å².